The Bertz CT molecular complexity index is 569. The topological polar surface area (TPSA) is 85.2 Å². The van der Waals surface area contributed by atoms with Gasteiger partial charge in [-0.15, -0.1) is 0 Å². The van der Waals surface area contributed by atoms with Gasteiger partial charge in [-0.05, 0) is 64.2 Å². The SMILES string of the molecule is CCCCCCCC1(CCC2C(O)CC(O)C2C/C=C/CCCC(=O)OC(C)C)OCCO1. The Kier molecular flexibility index (Phi) is 13.0. The van der Waals surface area contributed by atoms with E-state index >= 15 is 0 Å². The molecule has 0 aromatic carbocycles. The molecule has 1 aliphatic carbocycles. The molecule has 2 rings (SSSR count). The largest absolute Gasteiger partial charge is 0.463 e. The molecule has 1 aliphatic heterocycles. The fourth-order valence-corrected chi connectivity index (χ4v) is 5.26. The van der Waals surface area contributed by atoms with Crippen molar-refractivity contribution in [1.82, 2.24) is 0 Å². The highest BCUT2D eigenvalue weighted by Crippen LogP contribution is 2.41. The second-order valence-corrected chi connectivity index (χ2v) is 10.1. The molecule has 1 saturated heterocycles. The zero-order valence-corrected chi connectivity index (χ0v) is 21.2. The molecule has 1 saturated carbocycles. The van der Waals surface area contributed by atoms with Gasteiger partial charge in [0.15, 0.2) is 5.79 Å². The first kappa shape index (κ1) is 28.3. The number of unbranched alkanes of at least 4 members (excludes halogenated alkanes) is 5. The lowest BCUT2D eigenvalue weighted by Gasteiger charge is -2.31. The van der Waals surface area contributed by atoms with Crippen LogP contribution in [0.3, 0.4) is 0 Å². The van der Waals surface area contributed by atoms with Crippen molar-refractivity contribution < 1.29 is 29.2 Å². The van der Waals surface area contributed by atoms with Crippen molar-refractivity contribution in [3.63, 3.8) is 0 Å². The summed E-state index contributed by atoms with van der Waals surface area (Å²) in [6.07, 6.45) is 14.9. The van der Waals surface area contributed by atoms with E-state index in [9.17, 15) is 15.0 Å². The van der Waals surface area contributed by atoms with Crippen LogP contribution in [0.2, 0.25) is 0 Å². The summed E-state index contributed by atoms with van der Waals surface area (Å²) in [6, 6.07) is 0. The molecule has 0 radical (unpaired) electrons. The zero-order chi connectivity index (χ0) is 24.1. The first-order valence-corrected chi connectivity index (χ1v) is 13.4. The third-order valence-corrected chi connectivity index (χ3v) is 7.05. The van der Waals surface area contributed by atoms with E-state index in [2.05, 4.69) is 19.1 Å². The van der Waals surface area contributed by atoms with E-state index in [0.717, 1.165) is 44.9 Å². The average molecular weight is 469 g/mol. The number of allylic oxidation sites excluding steroid dienone is 2. The molecule has 0 bridgehead atoms. The van der Waals surface area contributed by atoms with Crippen molar-refractivity contribution in [1.29, 1.82) is 0 Å². The fourth-order valence-electron chi connectivity index (χ4n) is 5.26. The first-order valence-electron chi connectivity index (χ1n) is 13.4. The minimum Gasteiger partial charge on any atom is -0.463 e. The highest BCUT2D eigenvalue weighted by atomic mass is 16.7. The molecule has 0 aromatic heterocycles. The Hall–Kier alpha value is -0.950. The predicted octanol–water partition coefficient (Wildman–Crippen LogP) is 5.30. The maximum atomic E-state index is 11.6. The third-order valence-electron chi connectivity index (χ3n) is 7.05. The van der Waals surface area contributed by atoms with Gasteiger partial charge in [0, 0.05) is 19.3 Å². The van der Waals surface area contributed by atoms with Crippen LogP contribution >= 0.6 is 0 Å². The average Bonchev–Trinajstić information content (AvgIpc) is 3.33. The Labute approximate surface area is 201 Å². The number of hydrogen-bond donors (Lipinski definition) is 2. The van der Waals surface area contributed by atoms with E-state index in [1.165, 1.54) is 25.7 Å². The van der Waals surface area contributed by atoms with Crippen molar-refractivity contribution in [2.75, 3.05) is 13.2 Å². The monoisotopic (exact) mass is 468 g/mol. The number of aliphatic hydroxyl groups excluding tert-OH is 2. The molecule has 2 aliphatic rings. The number of hydrogen-bond acceptors (Lipinski definition) is 6. The summed E-state index contributed by atoms with van der Waals surface area (Å²) in [5.41, 5.74) is 0. The lowest BCUT2D eigenvalue weighted by atomic mass is 9.85. The van der Waals surface area contributed by atoms with Crippen molar-refractivity contribution >= 4 is 5.97 Å². The summed E-state index contributed by atoms with van der Waals surface area (Å²) in [5.74, 6) is -0.561. The molecule has 192 valence electrons. The van der Waals surface area contributed by atoms with Crippen molar-refractivity contribution in [3.05, 3.63) is 12.2 Å². The van der Waals surface area contributed by atoms with Crippen LogP contribution in [-0.2, 0) is 19.0 Å². The van der Waals surface area contributed by atoms with Crippen molar-refractivity contribution in [2.45, 2.75) is 128 Å². The van der Waals surface area contributed by atoms with Crippen LogP contribution in [0, 0.1) is 11.8 Å². The second-order valence-electron chi connectivity index (χ2n) is 10.1. The van der Waals surface area contributed by atoms with Crippen LogP contribution in [0.5, 0.6) is 0 Å². The normalized spacial score (nSPS) is 27.1. The molecule has 1 heterocycles. The summed E-state index contributed by atoms with van der Waals surface area (Å²) in [6.45, 7) is 7.22. The molecule has 6 heteroatoms. The van der Waals surface area contributed by atoms with Gasteiger partial charge in [-0.2, -0.15) is 0 Å². The minimum absolute atomic E-state index is 0.0464. The number of ether oxygens (including phenoxy) is 3. The van der Waals surface area contributed by atoms with Gasteiger partial charge in [0.2, 0.25) is 0 Å². The van der Waals surface area contributed by atoms with Gasteiger partial charge < -0.3 is 24.4 Å². The highest BCUT2D eigenvalue weighted by molar-refractivity contribution is 5.69. The van der Waals surface area contributed by atoms with Crippen molar-refractivity contribution in [2.24, 2.45) is 11.8 Å². The van der Waals surface area contributed by atoms with Crippen LogP contribution < -0.4 is 0 Å². The van der Waals surface area contributed by atoms with E-state index in [4.69, 9.17) is 14.2 Å². The van der Waals surface area contributed by atoms with Gasteiger partial charge in [-0.3, -0.25) is 4.79 Å². The molecule has 0 aromatic rings. The molecule has 4 atom stereocenters. The maximum Gasteiger partial charge on any atom is 0.306 e. The molecule has 4 unspecified atom stereocenters. The van der Waals surface area contributed by atoms with Crippen LogP contribution in [0.25, 0.3) is 0 Å². The molecule has 2 N–H and O–H groups in total. The van der Waals surface area contributed by atoms with E-state index in [1.54, 1.807) is 0 Å². The molecule has 33 heavy (non-hydrogen) atoms. The molecule has 0 spiro atoms. The number of rotatable bonds is 16. The highest BCUT2D eigenvalue weighted by Gasteiger charge is 2.43. The molecule has 2 fully saturated rings. The summed E-state index contributed by atoms with van der Waals surface area (Å²) < 4.78 is 17.3. The minimum atomic E-state index is -0.509. The summed E-state index contributed by atoms with van der Waals surface area (Å²) >= 11 is 0. The zero-order valence-electron chi connectivity index (χ0n) is 21.2. The van der Waals surface area contributed by atoms with Gasteiger partial charge >= 0.3 is 5.97 Å². The summed E-state index contributed by atoms with van der Waals surface area (Å²) in [4.78, 5) is 11.6. The summed E-state index contributed by atoms with van der Waals surface area (Å²) in [7, 11) is 0. The lowest BCUT2D eigenvalue weighted by molar-refractivity contribution is -0.171. The van der Waals surface area contributed by atoms with Crippen LogP contribution in [0.15, 0.2) is 12.2 Å². The van der Waals surface area contributed by atoms with Gasteiger partial charge in [0.05, 0.1) is 31.5 Å². The van der Waals surface area contributed by atoms with Crippen LogP contribution in [0.4, 0.5) is 0 Å². The van der Waals surface area contributed by atoms with Crippen molar-refractivity contribution in [3.8, 4) is 0 Å². The van der Waals surface area contributed by atoms with E-state index in [-0.39, 0.29) is 23.9 Å². The van der Waals surface area contributed by atoms with Gasteiger partial charge in [-0.25, -0.2) is 0 Å². The third kappa shape index (κ3) is 10.1. The Balaban J connectivity index is 1.78. The standard InChI is InChI=1S/C27H48O6/c1-4-5-6-9-12-16-27(31-18-19-32-27)17-15-23-22(24(28)20-25(23)29)13-10-7-8-11-14-26(30)33-21(2)3/h7,10,21-25,28-29H,4-6,8-9,11-20H2,1-3H3/b10-7+. The van der Waals surface area contributed by atoms with Gasteiger partial charge in [-0.1, -0.05) is 44.8 Å². The summed E-state index contributed by atoms with van der Waals surface area (Å²) in [5, 5.41) is 21.2. The van der Waals surface area contributed by atoms with Gasteiger partial charge in [0.25, 0.3) is 0 Å². The smallest absolute Gasteiger partial charge is 0.306 e. The first-order chi connectivity index (χ1) is 15.9. The van der Waals surface area contributed by atoms with E-state index in [1.807, 2.05) is 13.8 Å². The quantitative estimate of drug-likeness (QED) is 0.182. The Morgan fingerprint density at radius 3 is 2.39 bits per heavy atom. The number of carbonyl (C=O) groups is 1. The number of carbonyl (C=O) groups excluding carboxylic acids is 1. The second kappa shape index (κ2) is 15.1. The molecular formula is C27H48O6. The van der Waals surface area contributed by atoms with E-state index < -0.39 is 18.0 Å². The van der Waals surface area contributed by atoms with Crippen LogP contribution in [0.1, 0.15) is 104 Å². The number of esters is 1. The van der Waals surface area contributed by atoms with E-state index in [0.29, 0.717) is 26.1 Å². The van der Waals surface area contributed by atoms with Gasteiger partial charge in [0.1, 0.15) is 0 Å². The molecular weight excluding hydrogens is 420 g/mol. The maximum absolute atomic E-state index is 11.6. The lowest BCUT2D eigenvalue weighted by Crippen LogP contribution is -2.33. The number of aliphatic hydroxyl groups is 2. The fraction of sp³-hybridized carbons (Fsp3) is 0.889. The molecule has 0 amide bonds. The molecule has 6 nitrogen and oxygen atoms in total. The Morgan fingerprint density at radius 2 is 1.70 bits per heavy atom. The predicted molar refractivity (Wildman–Crippen MR) is 130 cm³/mol. The Morgan fingerprint density at radius 1 is 1.00 bits per heavy atom. The van der Waals surface area contributed by atoms with Crippen LogP contribution in [-0.4, -0.2) is 53.5 Å².